The summed E-state index contributed by atoms with van der Waals surface area (Å²) in [6, 6.07) is 0. The van der Waals surface area contributed by atoms with Crippen LogP contribution in [0.15, 0.2) is 12.2 Å². The monoisotopic (exact) mass is 652 g/mol. The van der Waals surface area contributed by atoms with Gasteiger partial charge in [-0.2, -0.15) is 0 Å². The Morgan fingerprint density at radius 1 is 0.565 bits per heavy atom. The van der Waals surface area contributed by atoms with E-state index in [2.05, 4.69) is 37.8 Å². The molecule has 0 saturated carbocycles. The van der Waals surface area contributed by atoms with Gasteiger partial charge >= 0.3 is 12.1 Å². The molecular formula is C40H77NO5. The molecular weight excluding hydrogens is 574 g/mol. The van der Waals surface area contributed by atoms with Crippen LogP contribution < -0.4 is 0 Å². The third-order valence-corrected chi connectivity index (χ3v) is 8.74. The lowest BCUT2D eigenvalue weighted by Crippen LogP contribution is -2.21. The summed E-state index contributed by atoms with van der Waals surface area (Å²) in [6.07, 6.45) is 34.3. The highest BCUT2D eigenvalue weighted by atomic mass is 16.7. The predicted molar refractivity (Wildman–Crippen MR) is 195 cm³/mol. The highest BCUT2D eigenvalue weighted by Crippen LogP contribution is 2.19. The van der Waals surface area contributed by atoms with Crippen molar-refractivity contribution < 1.29 is 23.8 Å². The Kier molecular flexibility index (Phi) is 33.6. The topological polar surface area (TPSA) is 65.1 Å². The summed E-state index contributed by atoms with van der Waals surface area (Å²) in [6.45, 7) is 7.97. The lowest BCUT2D eigenvalue weighted by atomic mass is 10.0. The molecule has 0 radical (unpaired) electrons. The summed E-state index contributed by atoms with van der Waals surface area (Å²) < 4.78 is 17.0. The number of unbranched alkanes of at least 4 members (excludes halogenated alkanes) is 17. The molecule has 0 bridgehead atoms. The number of hydrogen-bond acceptors (Lipinski definition) is 6. The molecule has 0 aliphatic rings. The number of nitrogens with zero attached hydrogens (tertiary/aromatic N) is 1. The largest absolute Gasteiger partial charge is 0.508 e. The van der Waals surface area contributed by atoms with Crippen LogP contribution in [-0.2, 0) is 19.0 Å². The molecule has 272 valence electrons. The molecule has 0 aliphatic carbocycles. The summed E-state index contributed by atoms with van der Waals surface area (Å²) in [4.78, 5) is 26.7. The summed E-state index contributed by atoms with van der Waals surface area (Å²) in [5, 5.41) is 0. The van der Waals surface area contributed by atoms with Gasteiger partial charge in [-0.15, -0.1) is 0 Å². The highest BCUT2D eigenvalue weighted by molar-refractivity contribution is 5.69. The number of allylic oxidation sites excluding steroid dienone is 1. The molecule has 46 heavy (non-hydrogen) atoms. The van der Waals surface area contributed by atoms with Crippen molar-refractivity contribution in [1.29, 1.82) is 0 Å². The fourth-order valence-corrected chi connectivity index (χ4v) is 5.79. The zero-order chi connectivity index (χ0) is 33.9. The van der Waals surface area contributed by atoms with Crippen LogP contribution in [0.4, 0.5) is 4.79 Å². The second kappa shape index (κ2) is 34.8. The van der Waals surface area contributed by atoms with Crippen LogP contribution in [0, 0.1) is 0 Å². The number of hydrogen-bond donors (Lipinski definition) is 0. The molecule has 6 nitrogen and oxygen atoms in total. The minimum Gasteiger partial charge on any atom is -0.462 e. The third-order valence-electron chi connectivity index (χ3n) is 8.74. The molecule has 0 aromatic carbocycles. The third kappa shape index (κ3) is 32.4. The molecule has 0 aromatic rings. The smallest absolute Gasteiger partial charge is 0.462 e. The van der Waals surface area contributed by atoms with E-state index < -0.39 is 6.16 Å². The Morgan fingerprint density at radius 2 is 1.07 bits per heavy atom. The van der Waals surface area contributed by atoms with E-state index in [1.807, 2.05) is 14.1 Å². The minimum atomic E-state index is -0.496. The molecule has 0 fully saturated rings. The Morgan fingerprint density at radius 3 is 1.65 bits per heavy atom. The Bertz CT molecular complexity index is 695. The zero-order valence-electron chi connectivity index (χ0n) is 31.3. The van der Waals surface area contributed by atoms with Crippen molar-refractivity contribution in [3.63, 3.8) is 0 Å². The van der Waals surface area contributed by atoms with Gasteiger partial charge in [0.25, 0.3) is 0 Å². The summed E-state index contributed by atoms with van der Waals surface area (Å²) in [5.74, 6) is -0.0234. The molecule has 0 aromatic heterocycles. The average molecular weight is 652 g/mol. The van der Waals surface area contributed by atoms with Gasteiger partial charge in [-0.25, -0.2) is 4.79 Å². The molecule has 0 heterocycles. The molecule has 0 aliphatic heterocycles. The SMILES string of the molecule is CCCCCCCCCCC(CCCCCCC/C=C\CC(CCCCCC)OC(=O)CCCCC)OC(=O)OCCCN(C)C. The minimum absolute atomic E-state index is 0.0234. The van der Waals surface area contributed by atoms with Gasteiger partial charge < -0.3 is 19.1 Å². The lowest BCUT2D eigenvalue weighted by molar-refractivity contribution is -0.149. The van der Waals surface area contributed by atoms with E-state index in [1.165, 1.54) is 89.9 Å². The number of carbonyl (C=O) groups excluding carboxylic acids is 2. The van der Waals surface area contributed by atoms with Gasteiger partial charge in [-0.3, -0.25) is 4.79 Å². The maximum atomic E-state index is 12.3. The first-order chi connectivity index (χ1) is 22.4. The van der Waals surface area contributed by atoms with Crippen LogP contribution >= 0.6 is 0 Å². The van der Waals surface area contributed by atoms with Crippen molar-refractivity contribution in [1.82, 2.24) is 4.90 Å². The van der Waals surface area contributed by atoms with Crippen LogP contribution in [0.2, 0.25) is 0 Å². The first-order valence-electron chi connectivity index (χ1n) is 19.7. The molecule has 6 heteroatoms. The van der Waals surface area contributed by atoms with Crippen molar-refractivity contribution >= 4 is 12.1 Å². The van der Waals surface area contributed by atoms with E-state index in [4.69, 9.17) is 14.2 Å². The standard InChI is InChI=1S/C40H77NO5/c1-6-9-12-14-15-18-22-27-32-38(46-40(43)44-36-29-35-41(4)5)33-28-23-20-17-16-19-21-26-31-37(30-25-13-10-7-2)45-39(42)34-24-11-8-3/h21,26,37-38H,6-20,22-25,27-36H2,1-5H3/b26-21-. The van der Waals surface area contributed by atoms with Crippen LogP contribution in [0.3, 0.4) is 0 Å². The number of ether oxygens (including phenoxy) is 3. The van der Waals surface area contributed by atoms with E-state index in [-0.39, 0.29) is 18.2 Å². The van der Waals surface area contributed by atoms with Crippen LogP contribution in [0.1, 0.15) is 194 Å². The van der Waals surface area contributed by atoms with Gasteiger partial charge in [-0.05, 0) is 78.3 Å². The van der Waals surface area contributed by atoms with Crippen molar-refractivity contribution in [2.45, 2.75) is 206 Å². The Balaban J connectivity index is 4.34. The zero-order valence-corrected chi connectivity index (χ0v) is 31.3. The number of carbonyl (C=O) groups is 2. The van der Waals surface area contributed by atoms with Crippen molar-refractivity contribution in [3.05, 3.63) is 12.2 Å². The summed E-state index contributed by atoms with van der Waals surface area (Å²) in [5.41, 5.74) is 0. The predicted octanol–water partition coefficient (Wildman–Crippen LogP) is 12.1. The number of esters is 1. The van der Waals surface area contributed by atoms with E-state index in [1.54, 1.807) is 0 Å². The van der Waals surface area contributed by atoms with Gasteiger partial charge in [-0.1, -0.05) is 129 Å². The van der Waals surface area contributed by atoms with Crippen molar-refractivity contribution in [2.75, 3.05) is 27.2 Å². The van der Waals surface area contributed by atoms with Crippen molar-refractivity contribution in [3.8, 4) is 0 Å². The molecule has 0 N–H and O–H groups in total. The summed E-state index contributed by atoms with van der Waals surface area (Å²) in [7, 11) is 4.05. The molecule has 2 unspecified atom stereocenters. The molecule has 2 atom stereocenters. The molecule has 0 saturated heterocycles. The van der Waals surface area contributed by atoms with Crippen molar-refractivity contribution in [2.24, 2.45) is 0 Å². The van der Waals surface area contributed by atoms with E-state index in [0.717, 1.165) is 83.6 Å². The van der Waals surface area contributed by atoms with Gasteiger partial charge in [0.15, 0.2) is 0 Å². The maximum Gasteiger partial charge on any atom is 0.508 e. The fraction of sp³-hybridized carbons (Fsp3) is 0.900. The van der Waals surface area contributed by atoms with Gasteiger partial charge in [0.1, 0.15) is 12.2 Å². The van der Waals surface area contributed by atoms with Crippen LogP contribution in [-0.4, -0.2) is 56.5 Å². The van der Waals surface area contributed by atoms with E-state index >= 15 is 0 Å². The fourth-order valence-electron chi connectivity index (χ4n) is 5.79. The second-order valence-electron chi connectivity index (χ2n) is 13.7. The van der Waals surface area contributed by atoms with Crippen LogP contribution in [0.25, 0.3) is 0 Å². The first-order valence-corrected chi connectivity index (χ1v) is 19.7. The maximum absolute atomic E-state index is 12.3. The Labute approximate surface area is 286 Å². The normalized spacial score (nSPS) is 12.9. The van der Waals surface area contributed by atoms with Gasteiger partial charge in [0.2, 0.25) is 0 Å². The molecule has 0 amide bonds. The quantitative estimate of drug-likeness (QED) is 0.0392. The summed E-state index contributed by atoms with van der Waals surface area (Å²) >= 11 is 0. The van der Waals surface area contributed by atoms with Crippen LogP contribution in [0.5, 0.6) is 0 Å². The van der Waals surface area contributed by atoms with Gasteiger partial charge in [0.05, 0.1) is 6.61 Å². The molecule has 0 spiro atoms. The number of rotatable bonds is 34. The van der Waals surface area contributed by atoms with Gasteiger partial charge in [0, 0.05) is 19.4 Å². The van der Waals surface area contributed by atoms with E-state index in [0.29, 0.717) is 13.0 Å². The second-order valence-corrected chi connectivity index (χ2v) is 13.7. The highest BCUT2D eigenvalue weighted by Gasteiger charge is 2.16. The molecule has 0 rings (SSSR count). The Hall–Kier alpha value is -1.56. The first kappa shape index (κ1) is 44.4. The average Bonchev–Trinajstić information content (AvgIpc) is 3.03. The lowest BCUT2D eigenvalue weighted by Gasteiger charge is -2.18. The van der Waals surface area contributed by atoms with E-state index in [9.17, 15) is 9.59 Å².